The Morgan fingerprint density at radius 2 is 2.17 bits per heavy atom. The summed E-state index contributed by atoms with van der Waals surface area (Å²) in [6, 6.07) is 8.83. The highest BCUT2D eigenvalue weighted by atomic mass is 16.5. The Kier molecular flexibility index (Phi) is 2.80. The van der Waals surface area contributed by atoms with E-state index < -0.39 is 0 Å². The van der Waals surface area contributed by atoms with Crippen LogP contribution in [-0.4, -0.2) is 24.2 Å². The molecule has 1 aromatic heterocycles. The van der Waals surface area contributed by atoms with Crippen LogP contribution in [0, 0.1) is 0 Å². The van der Waals surface area contributed by atoms with Crippen LogP contribution in [0.1, 0.15) is 12.8 Å². The number of pyridine rings is 1. The molecule has 0 saturated heterocycles. The van der Waals surface area contributed by atoms with Gasteiger partial charge in [-0.25, -0.2) is 4.98 Å². The molecule has 1 aliphatic carbocycles. The largest absolute Gasteiger partial charge is 0.497 e. The fourth-order valence-electron chi connectivity index (χ4n) is 2.37. The van der Waals surface area contributed by atoms with Crippen molar-refractivity contribution in [3.8, 4) is 5.75 Å². The lowest BCUT2D eigenvalue weighted by Gasteiger charge is -2.33. The molecule has 4 heteroatoms. The smallest absolute Gasteiger partial charge is 0.134 e. The number of benzene rings is 1. The van der Waals surface area contributed by atoms with Gasteiger partial charge >= 0.3 is 0 Å². The van der Waals surface area contributed by atoms with Crippen LogP contribution in [0.4, 0.5) is 5.82 Å². The van der Waals surface area contributed by atoms with Crippen LogP contribution in [0.5, 0.6) is 5.75 Å². The predicted molar refractivity (Wildman–Crippen MR) is 72.9 cm³/mol. The van der Waals surface area contributed by atoms with Crippen molar-refractivity contribution in [2.75, 3.05) is 12.4 Å². The molecule has 1 saturated carbocycles. The molecule has 2 aromatic rings. The Morgan fingerprint density at radius 1 is 1.33 bits per heavy atom. The van der Waals surface area contributed by atoms with E-state index in [1.807, 2.05) is 30.5 Å². The number of anilines is 1. The van der Waals surface area contributed by atoms with Gasteiger partial charge < -0.3 is 15.8 Å². The molecule has 1 aromatic carbocycles. The predicted octanol–water partition coefficient (Wildman–Crippen LogP) is 2.14. The molecule has 1 fully saturated rings. The summed E-state index contributed by atoms with van der Waals surface area (Å²) in [6.45, 7) is 0. The van der Waals surface area contributed by atoms with Gasteiger partial charge in [0.15, 0.2) is 0 Å². The normalized spacial score (nSPS) is 22.6. The number of nitrogens with one attached hydrogen (secondary N) is 1. The maximum atomic E-state index is 5.80. The minimum Gasteiger partial charge on any atom is -0.497 e. The van der Waals surface area contributed by atoms with Gasteiger partial charge in [0.1, 0.15) is 11.6 Å². The van der Waals surface area contributed by atoms with Crippen molar-refractivity contribution in [2.24, 2.45) is 5.73 Å². The zero-order valence-electron chi connectivity index (χ0n) is 10.4. The first-order valence-electron chi connectivity index (χ1n) is 6.21. The van der Waals surface area contributed by atoms with E-state index in [1.54, 1.807) is 7.11 Å². The van der Waals surface area contributed by atoms with Crippen molar-refractivity contribution in [1.82, 2.24) is 4.98 Å². The summed E-state index contributed by atoms with van der Waals surface area (Å²) in [5, 5.41) is 5.72. The minimum absolute atomic E-state index is 0.345. The van der Waals surface area contributed by atoms with E-state index in [1.165, 1.54) is 0 Å². The fraction of sp³-hybridized carbons (Fsp3) is 0.357. The molecule has 94 valence electrons. The SMILES string of the molecule is COc1ccc2c(NC3CC(N)C3)nccc2c1. The lowest BCUT2D eigenvalue weighted by Crippen LogP contribution is -2.44. The third kappa shape index (κ3) is 1.99. The number of ether oxygens (including phenoxy) is 1. The molecule has 1 aliphatic rings. The Balaban J connectivity index is 1.91. The van der Waals surface area contributed by atoms with E-state index in [9.17, 15) is 0 Å². The first kappa shape index (κ1) is 11.3. The van der Waals surface area contributed by atoms with E-state index in [0.29, 0.717) is 12.1 Å². The van der Waals surface area contributed by atoms with E-state index in [0.717, 1.165) is 35.2 Å². The van der Waals surface area contributed by atoms with Gasteiger partial charge in [-0.15, -0.1) is 0 Å². The monoisotopic (exact) mass is 243 g/mol. The molecular formula is C14H17N3O. The number of fused-ring (bicyclic) bond motifs is 1. The van der Waals surface area contributed by atoms with Crippen LogP contribution < -0.4 is 15.8 Å². The van der Waals surface area contributed by atoms with Crippen LogP contribution in [0.3, 0.4) is 0 Å². The summed E-state index contributed by atoms with van der Waals surface area (Å²) < 4.78 is 5.23. The Morgan fingerprint density at radius 3 is 2.89 bits per heavy atom. The second-order valence-corrected chi connectivity index (χ2v) is 4.82. The van der Waals surface area contributed by atoms with Gasteiger partial charge in [-0.2, -0.15) is 0 Å². The summed E-state index contributed by atoms with van der Waals surface area (Å²) in [5.41, 5.74) is 5.80. The van der Waals surface area contributed by atoms with Gasteiger partial charge in [0.25, 0.3) is 0 Å². The van der Waals surface area contributed by atoms with Crippen molar-refractivity contribution in [3.05, 3.63) is 30.5 Å². The van der Waals surface area contributed by atoms with Crippen LogP contribution in [-0.2, 0) is 0 Å². The number of nitrogens with zero attached hydrogens (tertiary/aromatic N) is 1. The van der Waals surface area contributed by atoms with E-state index in [2.05, 4.69) is 10.3 Å². The van der Waals surface area contributed by atoms with Crippen molar-refractivity contribution < 1.29 is 4.74 Å². The highest BCUT2D eigenvalue weighted by Gasteiger charge is 2.26. The zero-order valence-corrected chi connectivity index (χ0v) is 10.4. The molecular weight excluding hydrogens is 226 g/mol. The summed E-state index contributed by atoms with van der Waals surface area (Å²) in [6.07, 6.45) is 3.87. The van der Waals surface area contributed by atoms with Crippen LogP contribution in [0.25, 0.3) is 10.8 Å². The second-order valence-electron chi connectivity index (χ2n) is 4.82. The number of aromatic nitrogens is 1. The topological polar surface area (TPSA) is 60.2 Å². The second kappa shape index (κ2) is 4.46. The lowest BCUT2D eigenvalue weighted by molar-refractivity contribution is 0.373. The first-order valence-corrected chi connectivity index (χ1v) is 6.21. The van der Waals surface area contributed by atoms with Gasteiger partial charge in [-0.3, -0.25) is 0 Å². The van der Waals surface area contributed by atoms with Crippen LogP contribution in [0.15, 0.2) is 30.5 Å². The fourth-order valence-corrected chi connectivity index (χ4v) is 2.37. The van der Waals surface area contributed by atoms with Gasteiger partial charge in [0.2, 0.25) is 0 Å². The third-order valence-electron chi connectivity index (χ3n) is 3.49. The average molecular weight is 243 g/mol. The van der Waals surface area contributed by atoms with Crippen molar-refractivity contribution >= 4 is 16.6 Å². The van der Waals surface area contributed by atoms with E-state index >= 15 is 0 Å². The molecule has 0 spiro atoms. The standard InChI is InChI=1S/C14H17N3O/c1-18-12-2-3-13-9(6-12)4-5-16-14(13)17-11-7-10(15)8-11/h2-6,10-11H,7-8,15H2,1H3,(H,16,17). The quantitative estimate of drug-likeness (QED) is 0.867. The molecule has 3 rings (SSSR count). The third-order valence-corrected chi connectivity index (χ3v) is 3.49. The molecule has 1 heterocycles. The highest BCUT2D eigenvalue weighted by molar-refractivity contribution is 5.92. The summed E-state index contributed by atoms with van der Waals surface area (Å²) in [5.74, 6) is 1.80. The molecule has 18 heavy (non-hydrogen) atoms. The summed E-state index contributed by atoms with van der Waals surface area (Å²) in [7, 11) is 1.68. The minimum atomic E-state index is 0.345. The van der Waals surface area contributed by atoms with Crippen molar-refractivity contribution in [3.63, 3.8) is 0 Å². The molecule has 0 aliphatic heterocycles. The van der Waals surface area contributed by atoms with Crippen molar-refractivity contribution in [1.29, 1.82) is 0 Å². The Bertz CT molecular complexity index is 564. The Hall–Kier alpha value is -1.81. The van der Waals surface area contributed by atoms with Gasteiger partial charge in [0, 0.05) is 23.7 Å². The van der Waals surface area contributed by atoms with Crippen LogP contribution in [0.2, 0.25) is 0 Å². The molecule has 3 N–H and O–H groups in total. The number of methoxy groups -OCH3 is 1. The molecule has 4 nitrogen and oxygen atoms in total. The number of hydrogen-bond acceptors (Lipinski definition) is 4. The number of nitrogens with two attached hydrogens (primary N) is 1. The van der Waals surface area contributed by atoms with Gasteiger partial charge in [-0.05, 0) is 42.5 Å². The molecule has 0 amide bonds. The Labute approximate surface area is 106 Å². The number of rotatable bonds is 3. The molecule has 0 bridgehead atoms. The van der Waals surface area contributed by atoms with E-state index in [4.69, 9.17) is 10.5 Å². The first-order chi connectivity index (χ1) is 8.76. The highest BCUT2D eigenvalue weighted by Crippen LogP contribution is 2.28. The lowest BCUT2D eigenvalue weighted by atomic mass is 9.87. The van der Waals surface area contributed by atoms with E-state index in [-0.39, 0.29) is 0 Å². The summed E-state index contributed by atoms with van der Waals surface area (Å²) >= 11 is 0. The maximum absolute atomic E-state index is 5.80. The average Bonchev–Trinajstić information content (AvgIpc) is 2.36. The van der Waals surface area contributed by atoms with Crippen molar-refractivity contribution in [2.45, 2.75) is 24.9 Å². The summed E-state index contributed by atoms with van der Waals surface area (Å²) in [4.78, 5) is 4.42. The van der Waals surface area contributed by atoms with Gasteiger partial charge in [0.05, 0.1) is 7.11 Å². The number of hydrogen-bond donors (Lipinski definition) is 2. The molecule has 0 unspecified atom stereocenters. The van der Waals surface area contributed by atoms with Gasteiger partial charge in [-0.1, -0.05) is 0 Å². The van der Waals surface area contributed by atoms with Crippen LogP contribution >= 0.6 is 0 Å². The maximum Gasteiger partial charge on any atom is 0.134 e. The molecule has 0 radical (unpaired) electrons. The zero-order chi connectivity index (χ0) is 12.5. The molecule has 0 atom stereocenters.